The molecule has 0 aliphatic heterocycles. The minimum atomic E-state index is -4.44. The Morgan fingerprint density at radius 2 is 1.69 bits per heavy atom. The third-order valence-corrected chi connectivity index (χ3v) is 4.61. The van der Waals surface area contributed by atoms with Gasteiger partial charge in [0.25, 0.3) is 0 Å². The van der Waals surface area contributed by atoms with Crippen molar-refractivity contribution in [2.45, 2.75) is 43.9 Å². The lowest BCUT2D eigenvalue weighted by atomic mass is 10.0. The third-order valence-electron chi connectivity index (χ3n) is 4.61. The van der Waals surface area contributed by atoms with Crippen LogP contribution in [0.3, 0.4) is 0 Å². The summed E-state index contributed by atoms with van der Waals surface area (Å²) in [5, 5.41) is 5.99. The quantitative estimate of drug-likeness (QED) is 0.793. The van der Waals surface area contributed by atoms with Crippen molar-refractivity contribution in [1.29, 1.82) is 0 Å². The Morgan fingerprint density at radius 1 is 1.00 bits per heavy atom. The predicted octanol–water partition coefficient (Wildman–Crippen LogP) is 4.92. The van der Waals surface area contributed by atoms with Crippen LogP contribution in [0.25, 0.3) is 0 Å². The first-order valence-electron chi connectivity index (χ1n) is 8.72. The van der Waals surface area contributed by atoms with Gasteiger partial charge < -0.3 is 5.32 Å². The minimum Gasteiger partial charge on any atom is -0.324 e. The van der Waals surface area contributed by atoms with Crippen molar-refractivity contribution in [1.82, 2.24) is 5.32 Å². The van der Waals surface area contributed by atoms with Crippen LogP contribution in [0.5, 0.6) is 0 Å². The lowest BCUT2D eigenvalue weighted by molar-refractivity contribution is -0.137. The van der Waals surface area contributed by atoms with Gasteiger partial charge in [-0.1, -0.05) is 49.2 Å². The average Bonchev–Trinajstić information content (AvgIpc) is 3.13. The predicted molar refractivity (Wildman–Crippen MR) is 94.6 cm³/mol. The molecule has 0 bridgehead atoms. The van der Waals surface area contributed by atoms with Crippen LogP contribution >= 0.6 is 0 Å². The van der Waals surface area contributed by atoms with Crippen molar-refractivity contribution >= 4 is 11.6 Å². The number of benzene rings is 2. The van der Waals surface area contributed by atoms with Gasteiger partial charge >= 0.3 is 6.18 Å². The highest BCUT2D eigenvalue weighted by Gasteiger charge is 2.31. The molecule has 6 heteroatoms. The van der Waals surface area contributed by atoms with Gasteiger partial charge in [0.2, 0.25) is 5.91 Å². The van der Waals surface area contributed by atoms with Crippen LogP contribution in [0.2, 0.25) is 0 Å². The van der Waals surface area contributed by atoms with Gasteiger partial charge in [0.05, 0.1) is 5.56 Å². The third kappa shape index (κ3) is 4.64. The molecule has 0 unspecified atom stereocenters. The zero-order chi connectivity index (χ0) is 18.6. The van der Waals surface area contributed by atoms with Gasteiger partial charge in [-0.3, -0.25) is 10.1 Å². The second-order valence-electron chi connectivity index (χ2n) is 6.56. The van der Waals surface area contributed by atoms with Gasteiger partial charge in [-0.05, 0) is 36.6 Å². The fourth-order valence-corrected chi connectivity index (χ4v) is 3.28. The number of halogens is 3. The standard InChI is InChI=1S/C20H21F3N2O/c21-20(22,23)15-9-6-12-17(13-15)25-19(26)18(14-7-2-1-3-8-14)24-16-10-4-5-11-16/h1-3,6-9,12-13,16,18,24H,4-5,10-11H2,(H,25,26)/t18-/m0/s1. The van der Waals surface area contributed by atoms with Crippen LogP contribution in [0.1, 0.15) is 42.9 Å². The monoisotopic (exact) mass is 362 g/mol. The first-order valence-corrected chi connectivity index (χ1v) is 8.72. The summed E-state index contributed by atoms with van der Waals surface area (Å²) in [4.78, 5) is 12.8. The zero-order valence-corrected chi connectivity index (χ0v) is 14.2. The summed E-state index contributed by atoms with van der Waals surface area (Å²) in [6, 6.07) is 13.6. The maximum absolute atomic E-state index is 12.9. The number of nitrogens with one attached hydrogen (secondary N) is 2. The van der Waals surface area contributed by atoms with E-state index in [1.54, 1.807) is 0 Å². The molecule has 1 aliphatic rings. The summed E-state index contributed by atoms with van der Waals surface area (Å²) in [5.74, 6) is -0.359. The molecule has 1 saturated carbocycles. The molecule has 3 rings (SSSR count). The van der Waals surface area contributed by atoms with Crippen LogP contribution in [0, 0.1) is 0 Å². The lowest BCUT2D eigenvalue weighted by Crippen LogP contribution is -2.38. The molecule has 1 amide bonds. The maximum Gasteiger partial charge on any atom is 0.416 e. The second kappa shape index (κ2) is 7.91. The van der Waals surface area contributed by atoms with E-state index in [4.69, 9.17) is 0 Å². The van der Waals surface area contributed by atoms with E-state index in [0.717, 1.165) is 43.4 Å². The van der Waals surface area contributed by atoms with E-state index in [1.807, 2.05) is 30.3 Å². The fourth-order valence-electron chi connectivity index (χ4n) is 3.28. The lowest BCUT2D eigenvalue weighted by Gasteiger charge is -2.23. The largest absolute Gasteiger partial charge is 0.416 e. The molecular formula is C20H21F3N2O. The van der Waals surface area contributed by atoms with Gasteiger partial charge in [-0.15, -0.1) is 0 Å². The van der Waals surface area contributed by atoms with Crippen molar-refractivity contribution < 1.29 is 18.0 Å². The first-order chi connectivity index (χ1) is 12.4. The smallest absolute Gasteiger partial charge is 0.324 e. The highest BCUT2D eigenvalue weighted by Crippen LogP contribution is 2.31. The summed E-state index contributed by atoms with van der Waals surface area (Å²) >= 11 is 0. The van der Waals surface area contributed by atoms with Gasteiger partial charge in [0, 0.05) is 11.7 Å². The number of rotatable bonds is 5. The molecule has 0 radical (unpaired) electrons. The van der Waals surface area contributed by atoms with E-state index in [0.29, 0.717) is 0 Å². The van der Waals surface area contributed by atoms with Gasteiger partial charge in [0.1, 0.15) is 6.04 Å². The van der Waals surface area contributed by atoms with Crippen LogP contribution < -0.4 is 10.6 Å². The average molecular weight is 362 g/mol. The molecule has 0 saturated heterocycles. The van der Waals surface area contributed by atoms with E-state index in [9.17, 15) is 18.0 Å². The highest BCUT2D eigenvalue weighted by molar-refractivity contribution is 5.95. The van der Waals surface area contributed by atoms with E-state index in [1.165, 1.54) is 12.1 Å². The second-order valence-corrected chi connectivity index (χ2v) is 6.56. The number of alkyl halides is 3. The molecule has 2 aromatic carbocycles. The molecular weight excluding hydrogens is 341 g/mol. The zero-order valence-electron chi connectivity index (χ0n) is 14.2. The van der Waals surface area contributed by atoms with E-state index in [2.05, 4.69) is 10.6 Å². The molecule has 2 N–H and O–H groups in total. The minimum absolute atomic E-state index is 0.138. The molecule has 3 nitrogen and oxygen atoms in total. The number of anilines is 1. The molecule has 0 aromatic heterocycles. The Morgan fingerprint density at radius 3 is 2.35 bits per heavy atom. The number of carbonyl (C=O) groups is 1. The molecule has 0 heterocycles. The van der Waals surface area contributed by atoms with Crippen LogP contribution in [0.4, 0.5) is 18.9 Å². The van der Waals surface area contributed by atoms with Crippen LogP contribution in [-0.2, 0) is 11.0 Å². The molecule has 138 valence electrons. The Kier molecular flexibility index (Phi) is 5.61. The Bertz CT molecular complexity index is 740. The molecule has 0 spiro atoms. The summed E-state index contributed by atoms with van der Waals surface area (Å²) in [5.41, 5.74) is 0.151. The summed E-state index contributed by atoms with van der Waals surface area (Å²) in [6.07, 6.45) is -0.204. The molecule has 1 aliphatic carbocycles. The first kappa shape index (κ1) is 18.5. The summed E-state index contributed by atoms with van der Waals surface area (Å²) in [7, 11) is 0. The highest BCUT2D eigenvalue weighted by atomic mass is 19.4. The number of hydrogen-bond acceptors (Lipinski definition) is 2. The van der Waals surface area contributed by atoms with E-state index in [-0.39, 0.29) is 17.6 Å². The molecule has 1 atom stereocenters. The van der Waals surface area contributed by atoms with Gasteiger partial charge in [-0.2, -0.15) is 13.2 Å². The van der Waals surface area contributed by atoms with Crippen LogP contribution in [0.15, 0.2) is 54.6 Å². The van der Waals surface area contributed by atoms with Crippen molar-refractivity contribution in [3.63, 3.8) is 0 Å². The topological polar surface area (TPSA) is 41.1 Å². The SMILES string of the molecule is O=C(Nc1cccc(C(F)(F)F)c1)[C@@H](NC1CCCC1)c1ccccc1. The van der Waals surface area contributed by atoms with E-state index >= 15 is 0 Å². The van der Waals surface area contributed by atoms with Crippen molar-refractivity contribution in [2.24, 2.45) is 0 Å². The molecule has 2 aromatic rings. The van der Waals surface area contributed by atoms with Gasteiger partial charge in [0.15, 0.2) is 0 Å². The molecule has 1 fully saturated rings. The number of amides is 1. The Labute approximate surface area is 150 Å². The van der Waals surface area contributed by atoms with Crippen molar-refractivity contribution in [3.05, 3.63) is 65.7 Å². The van der Waals surface area contributed by atoms with Gasteiger partial charge in [-0.25, -0.2) is 0 Å². The van der Waals surface area contributed by atoms with Crippen molar-refractivity contribution in [3.8, 4) is 0 Å². The summed E-state index contributed by atoms with van der Waals surface area (Å²) in [6.45, 7) is 0. The normalized spacial score (nSPS) is 16.4. The maximum atomic E-state index is 12.9. The van der Waals surface area contributed by atoms with Crippen LogP contribution in [-0.4, -0.2) is 11.9 Å². The van der Waals surface area contributed by atoms with Crippen molar-refractivity contribution in [2.75, 3.05) is 5.32 Å². The fraction of sp³-hybridized carbons (Fsp3) is 0.350. The summed E-state index contributed by atoms with van der Waals surface area (Å²) < 4.78 is 38.6. The Balaban J connectivity index is 1.79. The number of hydrogen-bond donors (Lipinski definition) is 2. The number of carbonyl (C=O) groups excluding carboxylic acids is 1. The Hall–Kier alpha value is -2.34. The molecule has 26 heavy (non-hydrogen) atoms. The van der Waals surface area contributed by atoms with E-state index < -0.39 is 17.8 Å².